The van der Waals surface area contributed by atoms with E-state index in [2.05, 4.69) is 0 Å². The van der Waals surface area contributed by atoms with Crippen LogP contribution in [0.1, 0.15) is 18.9 Å². The number of nitro benzene ring substituents is 1. The Hall–Kier alpha value is -3.20. The molecule has 0 aliphatic heterocycles. The molecule has 0 spiro atoms. The van der Waals surface area contributed by atoms with Gasteiger partial charge in [0.25, 0.3) is 0 Å². The van der Waals surface area contributed by atoms with Gasteiger partial charge < -0.3 is 9.15 Å². The number of nitrogens with zero attached hydrogens (tertiary/aromatic N) is 1. The van der Waals surface area contributed by atoms with E-state index in [1.165, 1.54) is 24.3 Å². The lowest BCUT2D eigenvalue weighted by molar-refractivity contribution is -0.385. The summed E-state index contributed by atoms with van der Waals surface area (Å²) in [7, 11) is -3.60. The second-order valence-electron chi connectivity index (χ2n) is 6.26. The second kappa shape index (κ2) is 7.43. The van der Waals surface area contributed by atoms with Crippen LogP contribution >= 0.6 is 0 Å². The van der Waals surface area contributed by atoms with E-state index in [-0.39, 0.29) is 16.4 Å². The zero-order valence-corrected chi connectivity index (χ0v) is 16.0. The third-order valence-corrected chi connectivity index (χ3v) is 5.21. The van der Waals surface area contributed by atoms with Gasteiger partial charge in [0.1, 0.15) is 11.3 Å². The molecule has 3 aromatic rings. The predicted molar refractivity (Wildman–Crippen MR) is 103 cm³/mol. The number of aryl methyl sites for hydroxylation is 1. The van der Waals surface area contributed by atoms with Crippen molar-refractivity contribution in [2.24, 2.45) is 0 Å². The van der Waals surface area contributed by atoms with E-state index in [1.807, 2.05) is 6.92 Å². The maximum Gasteiger partial charge on any atom is 0.336 e. The van der Waals surface area contributed by atoms with Crippen LogP contribution in [0.5, 0.6) is 11.5 Å². The first-order valence-electron chi connectivity index (χ1n) is 8.42. The van der Waals surface area contributed by atoms with Crippen LogP contribution in [0.4, 0.5) is 5.69 Å². The van der Waals surface area contributed by atoms with Crippen molar-refractivity contribution in [3.63, 3.8) is 0 Å². The van der Waals surface area contributed by atoms with E-state index in [9.17, 15) is 23.3 Å². The van der Waals surface area contributed by atoms with Gasteiger partial charge in [0.15, 0.2) is 9.84 Å². The Kier molecular flexibility index (Phi) is 5.19. The summed E-state index contributed by atoms with van der Waals surface area (Å²) in [5, 5.41) is 12.1. The van der Waals surface area contributed by atoms with Gasteiger partial charge in [-0.25, -0.2) is 13.2 Å². The average molecular weight is 403 g/mol. The zero-order chi connectivity index (χ0) is 20.5. The Bertz CT molecular complexity index is 1230. The van der Waals surface area contributed by atoms with Gasteiger partial charge in [-0.2, -0.15) is 0 Å². The molecule has 0 unspecified atom stereocenters. The highest BCUT2D eigenvalue weighted by molar-refractivity contribution is 7.90. The third-order valence-electron chi connectivity index (χ3n) is 4.10. The van der Waals surface area contributed by atoms with E-state index in [4.69, 9.17) is 9.15 Å². The number of hydrogen-bond acceptors (Lipinski definition) is 7. The minimum absolute atomic E-state index is 0.121. The lowest BCUT2D eigenvalue weighted by atomic mass is 10.1. The fraction of sp³-hybridized carbons (Fsp3) is 0.211. The molecule has 0 saturated carbocycles. The fourth-order valence-corrected chi connectivity index (χ4v) is 3.47. The highest BCUT2D eigenvalue weighted by Crippen LogP contribution is 2.34. The van der Waals surface area contributed by atoms with E-state index in [1.54, 1.807) is 12.1 Å². The van der Waals surface area contributed by atoms with Gasteiger partial charge in [-0.3, -0.25) is 10.1 Å². The molecule has 0 fully saturated rings. The van der Waals surface area contributed by atoms with Crippen LogP contribution in [0, 0.1) is 10.1 Å². The monoisotopic (exact) mass is 403 g/mol. The summed E-state index contributed by atoms with van der Waals surface area (Å²) >= 11 is 0. The van der Waals surface area contributed by atoms with Crippen molar-refractivity contribution >= 4 is 26.5 Å². The maximum atomic E-state index is 11.8. The Balaban J connectivity index is 2.05. The molecule has 28 heavy (non-hydrogen) atoms. The van der Waals surface area contributed by atoms with Crippen LogP contribution in [0.3, 0.4) is 0 Å². The van der Waals surface area contributed by atoms with Crippen molar-refractivity contribution in [2.45, 2.75) is 24.7 Å². The molecule has 0 aliphatic carbocycles. The normalized spacial score (nSPS) is 11.5. The summed E-state index contributed by atoms with van der Waals surface area (Å²) in [6, 6.07) is 9.65. The van der Waals surface area contributed by atoms with Gasteiger partial charge in [-0.1, -0.05) is 13.3 Å². The molecule has 0 radical (unpaired) electrons. The van der Waals surface area contributed by atoms with Crippen molar-refractivity contribution in [3.8, 4) is 11.5 Å². The lowest BCUT2D eigenvalue weighted by Gasteiger charge is -2.09. The molecule has 0 atom stereocenters. The summed E-state index contributed by atoms with van der Waals surface area (Å²) in [4.78, 5) is 22.2. The molecule has 146 valence electrons. The molecular weight excluding hydrogens is 386 g/mol. The number of ether oxygens (including phenoxy) is 1. The Morgan fingerprint density at radius 1 is 1.14 bits per heavy atom. The molecule has 9 heteroatoms. The SMILES string of the molecule is CCCc1cc(=O)oc2cc(Oc3ccc(S(C)(=O)=O)cc3[N+](=O)[O-])ccc12. The number of rotatable bonds is 6. The Labute approximate surface area is 160 Å². The highest BCUT2D eigenvalue weighted by atomic mass is 32.2. The number of benzene rings is 2. The lowest BCUT2D eigenvalue weighted by Crippen LogP contribution is -2.01. The molecule has 0 amide bonds. The molecule has 1 aromatic heterocycles. The Morgan fingerprint density at radius 2 is 1.89 bits per heavy atom. The van der Waals surface area contributed by atoms with Gasteiger partial charge in [0.05, 0.1) is 9.82 Å². The molecule has 0 saturated heterocycles. The van der Waals surface area contributed by atoms with Crippen LogP contribution in [-0.4, -0.2) is 19.6 Å². The van der Waals surface area contributed by atoms with Crippen molar-refractivity contribution in [1.29, 1.82) is 0 Å². The number of hydrogen-bond donors (Lipinski definition) is 0. The van der Waals surface area contributed by atoms with Crippen LogP contribution < -0.4 is 10.4 Å². The topological polar surface area (TPSA) is 117 Å². The van der Waals surface area contributed by atoms with Gasteiger partial charge in [-0.05, 0) is 36.2 Å². The van der Waals surface area contributed by atoms with E-state index >= 15 is 0 Å². The maximum absolute atomic E-state index is 11.8. The zero-order valence-electron chi connectivity index (χ0n) is 15.2. The molecule has 0 N–H and O–H groups in total. The van der Waals surface area contributed by atoms with E-state index in [0.717, 1.165) is 29.7 Å². The van der Waals surface area contributed by atoms with E-state index in [0.29, 0.717) is 12.0 Å². The number of fused-ring (bicyclic) bond motifs is 1. The smallest absolute Gasteiger partial charge is 0.336 e. The van der Waals surface area contributed by atoms with Gasteiger partial charge in [-0.15, -0.1) is 0 Å². The average Bonchev–Trinajstić information content (AvgIpc) is 2.60. The summed E-state index contributed by atoms with van der Waals surface area (Å²) in [6.07, 6.45) is 2.53. The first-order chi connectivity index (χ1) is 13.2. The quantitative estimate of drug-likeness (QED) is 0.348. The van der Waals surface area contributed by atoms with Crippen molar-refractivity contribution in [2.75, 3.05) is 6.26 Å². The van der Waals surface area contributed by atoms with Crippen LogP contribution in [-0.2, 0) is 16.3 Å². The number of sulfone groups is 1. The first kappa shape index (κ1) is 19.6. The molecule has 1 heterocycles. The fourth-order valence-electron chi connectivity index (χ4n) is 2.83. The van der Waals surface area contributed by atoms with Crippen LogP contribution in [0.25, 0.3) is 11.0 Å². The largest absolute Gasteiger partial charge is 0.450 e. The molecule has 0 bridgehead atoms. The Morgan fingerprint density at radius 3 is 2.54 bits per heavy atom. The highest BCUT2D eigenvalue weighted by Gasteiger charge is 2.20. The van der Waals surface area contributed by atoms with Gasteiger partial charge >= 0.3 is 11.3 Å². The first-order valence-corrected chi connectivity index (χ1v) is 10.3. The summed E-state index contributed by atoms with van der Waals surface area (Å²) in [6.45, 7) is 2.00. The summed E-state index contributed by atoms with van der Waals surface area (Å²) < 4.78 is 34.1. The van der Waals surface area contributed by atoms with Crippen LogP contribution in [0.2, 0.25) is 0 Å². The van der Waals surface area contributed by atoms with E-state index < -0.39 is 26.1 Å². The van der Waals surface area contributed by atoms with Crippen LogP contribution in [0.15, 0.2) is 56.6 Å². The van der Waals surface area contributed by atoms with Crippen molar-refractivity contribution in [1.82, 2.24) is 0 Å². The molecule has 0 aliphatic rings. The molecular formula is C19H17NO7S. The molecule has 8 nitrogen and oxygen atoms in total. The predicted octanol–water partition coefficient (Wildman–Crippen LogP) is 3.85. The summed E-state index contributed by atoms with van der Waals surface area (Å²) in [5.41, 5.74) is 0.188. The summed E-state index contributed by atoms with van der Waals surface area (Å²) in [5.74, 6) is 0.100. The third kappa shape index (κ3) is 4.04. The van der Waals surface area contributed by atoms with Crippen molar-refractivity contribution in [3.05, 3.63) is 68.6 Å². The second-order valence-corrected chi connectivity index (χ2v) is 8.28. The molecule has 2 aromatic carbocycles. The number of nitro groups is 1. The van der Waals surface area contributed by atoms with Crippen molar-refractivity contribution < 1.29 is 22.5 Å². The minimum Gasteiger partial charge on any atom is -0.450 e. The standard InChI is InChI=1S/C19H17NO7S/c1-3-4-12-9-19(21)27-18-10-13(5-7-15(12)18)26-17-8-6-14(28(2,24)25)11-16(17)20(22)23/h5-11H,3-4H2,1-2H3. The van der Waals surface area contributed by atoms with Gasteiger partial charge in [0.2, 0.25) is 5.75 Å². The molecule has 3 rings (SSSR count). The van der Waals surface area contributed by atoms with Gasteiger partial charge in [0, 0.05) is 29.8 Å². The minimum atomic E-state index is -3.60.